The van der Waals surface area contributed by atoms with Crippen LogP contribution in [-0.4, -0.2) is 69.6 Å². The van der Waals surface area contributed by atoms with E-state index in [1.807, 2.05) is 24.3 Å². The number of hydrogen-bond acceptors (Lipinski definition) is 5. The molecule has 2 aromatic rings. The molecule has 1 amide bonds. The number of sulfonamides is 1. The number of benzene rings is 2. The first-order chi connectivity index (χ1) is 16.0. The Morgan fingerprint density at radius 3 is 2.24 bits per heavy atom. The number of amides is 1. The first-order valence-corrected chi connectivity index (χ1v) is 12.2. The van der Waals surface area contributed by atoms with E-state index in [4.69, 9.17) is 0 Å². The Labute approximate surface area is 197 Å². The first kappa shape index (κ1) is 25.7. The summed E-state index contributed by atoms with van der Waals surface area (Å²) in [7, 11) is -1.06. The van der Waals surface area contributed by atoms with Gasteiger partial charge < -0.3 is 10.2 Å². The van der Waals surface area contributed by atoms with E-state index in [1.54, 1.807) is 7.05 Å². The third-order valence-electron chi connectivity index (χ3n) is 5.59. The molecule has 0 bridgehead atoms. The largest absolute Gasteiger partial charge is 0.416 e. The third kappa shape index (κ3) is 6.35. The smallest absolute Gasteiger partial charge is 0.368 e. The number of rotatable bonds is 9. The van der Waals surface area contributed by atoms with Crippen molar-refractivity contribution in [3.8, 4) is 0 Å². The second-order valence-corrected chi connectivity index (χ2v) is 10.1. The molecule has 1 aliphatic rings. The molecule has 34 heavy (non-hydrogen) atoms. The fraction of sp³-hybridized carbons (Fsp3) is 0.391. The minimum absolute atomic E-state index is 0.0443. The van der Waals surface area contributed by atoms with E-state index in [1.165, 1.54) is 11.9 Å². The molecule has 3 rings (SSSR count). The van der Waals surface area contributed by atoms with E-state index in [2.05, 4.69) is 10.3 Å². The number of nitrogens with zero attached hydrogens (tertiary/aromatic N) is 3. The summed E-state index contributed by atoms with van der Waals surface area (Å²) in [6.07, 6.45) is -3.95. The lowest BCUT2D eigenvalue weighted by molar-refractivity contribution is -0.137. The number of halogens is 3. The van der Waals surface area contributed by atoms with Gasteiger partial charge >= 0.3 is 6.18 Å². The SMILES string of the molecule is CN(CCc1ccc(C2=NCCN2)cc1)C(=O)CCN(C)S(=O)(=O)c1ccc(C(F)(F)F)cc1. The van der Waals surface area contributed by atoms with E-state index >= 15 is 0 Å². The van der Waals surface area contributed by atoms with Crippen molar-refractivity contribution in [3.05, 3.63) is 65.2 Å². The number of carbonyl (C=O) groups excluding carboxylic acids is 1. The van der Waals surface area contributed by atoms with Crippen molar-refractivity contribution in [1.29, 1.82) is 0 Å². The van der Waals surface area contributed by atoms with E-state index < -0.39 is 21.8 Å². The molecule has 0 spiro atoms. The van der Waals surface area contributed by atoms with Gasteiger partial charge in [0, 0.05) is 45.7 Å². The van der Waals surface area contributed by atoms with Crippen molar-refractivity contribution >= 4 is 21.8 Å². The number of hydrogen-bond donors (Lipinski definition) is 1. The Hall–Kier alpha value is -2.92. The summed E-state index contributed by atoms with van der Waals surface area (Å²) in [5.74, 6) is 0.657. The Morgan fingerprint density at radius 2 is 1.68 bits per heavy atom. The van der Waals surface area contributed by atoms with Gasteiger partial charge in [-0.25, -0.2) is 12.7 Å². The molecule has 0 aromatic heterocycles. The predicted molar refractivity (Wildman–Crippen MR) is 123 cm³/mol. The van der Waals surface area contributed by atoms with Crippen LogP contribution in [0.5, 0.6) is 0 Å². The van der Waals surface area contributed by atoms with E-state index in [0.29, 0.717) is 13.0 Å². The van der Waals surface area contributed by atoms with Crippen LogP contribution in [0.3, 0.4) is 0 Å². The fourth-order valence-corrected chi connectivity index (χ4v) is 4.57. The lowest BCUT2D eigenvalue weighted by Gasteiger charge is -2.21. The highest BCUT2D eigenvalue weighted by atomic mass is 32.2. The molecule has 7 nitrogen and oxygen atoms in total. The molecule has 0 aliphatic carbocycles. The quantitative estimate of drug-likeness (QED) is 0.579. The van der Waals surface area contributed by atoms with E-state index in [0.717, 1.165) is 58.6 Å². The molecule has 2 aromatic carbocycles. The maximum atomic E-state index is 12.7. The summed E-state index contributed by atoms with van der Waals surface area (Å²) < 4.78 is 64.3. The zero-order valence-electron chi connectivity index (χ0n) is 19.0. The molecule has 0 fully saturated rings. The second-order valence-electron chi connectivity index (χ2n) is 8.02. The van der Waals surface area contributed by atoms with Gasteiger partial charge in [-0.3, -0.25) is 9.79 Å². The third-order valence-corrected chi connectivity index (χ3v) is 7.46. The zero-order valence-corrected chi connectivity index (χ0v) is 19.8. The molecule has 0 saturated carbocycles. The molecule has 1 heterocycles. The number of nitrogens with one attached hydrogen (secondary N) is 1. The highest BCUT2D eigenvalue weighted by Gasteiger charge is 2.31. The summed E-state index contributed by atoms with van der Waals surface area (Å²) in [5.41, 5.74) is 1.15. The molecule has 0 saturated heterocycles. The summed E-state index contributed by atoms with van der Waals surface area (Å²) in [6, 6.07) is 11.2. The average molecular weight is 497 g/mol. The van der Waals surface area contributed by atoms with Crippen LogP contribution in [0.25, 0.3) is 0 Å². The molecule has 11 heteroatoms. The predicted octanol–water partition coefficient (Wildman–Crippen LogP) is 2.77. The van der Waals surface area contributed by atoms with Crippen LogP contribution in [0.15, 0.2) is 58.4 Å². The van der Waals surface area contributed by atoms with Crippen LogP contribution in [0.2, 0.25) is 0 Å². The molecule has 0 atom stereocenters. The molecular weight excluding hydrogens is 469 g/mol. The van der Waals surface area contributed by atoms with Crippen LogP contribution >= 0.6 is 0 Å². The number of carbonyl (C=O) groups is 1. The molecule has 1 aliphatic heterocycles. The van der Waals surface area contributed by atoms with Gasteiger partial charge in [0.2, 0.25) is 15.9 Å². The van der Waals surface area contributed by atoms with Crippen molar-refractivity contribution in [1.82, 2.24) is 14.5 Å². The van der Waals surface area contributed by atoms with Crippen LogP contribution in [0, 0.1) is 0 Å². The van der Waals surface area contributed by atoms with Gasteiger partial charge in [0.05, 0.1) is 17.0 Å². The van der Waals surface area contributed by atoms with Gasteiger partial charge in [-0.1, -0.05) is 24.3 Å². The summed E-state index contributed by atoms with van der Waals surface area (Å²) >= 11 is 0. The van der Waals surface area contributed by atoms with Crippen molar-refractivity contribution < 1.29 is 26.4 Å². The van der Waals surface area contributed by atoms with Crippen LogP contribution in [-0.2, 0) is 27.4 Å². The Morgan fingerprint density at radius 1 is 1.03 bits per heavy atom. The molecule has 0 radical (unpaired) electrons. The molecule has 0 unspecified atom stereocenters. The normalized spacial score (nSPS) is 14.1. The van der Waals surface area contributed by atoms with Crippen LogP contribution in [0.4, 0.5) is 13.2 Å². The highest BCUT2D eigenvalue weighted by Crippen LogP contribution is 2.30. The van der Waals surface area contributed by atoms with E-state index in [9.17, 15) is 26.4 Å². The zero-order chi connectivity index (χ0) is 24.9. The monoisotopic (exact) mass is 496 g/mol. The summed E-state index contributed by atoms with van der Waals surface area (Å²) in [6.45, 7) is 1.98. The van der Waals surface area contributed by atoms with Crippen LogP contribution < -0.4 is 5.32 Å². The van der Waals surface area contributed by atoms with Crippen LogP contribution in [0.1, 0.15) is 23.1 Å². The van der Waals surface area contributed by atoms with Crippen molar-refractivity contribution in [2.45, 2.75) is 23.9 Å². The topological polar surface area (TPSA) is 82.1 Å². The number of likely N-dealkylation sites (N-methyl/N-ethyl adjacent to an activating group) is 1. The van der Waals surface area contributed by atoms with E-state index in [-0.39, 0.29) is 23.8 Å². The lowest BCUT2D eigenvalue weighted by atomic mass is 10.1. The van der Waals surface area contributed by atoms with Gasteiger partial charge in [-0.2, -0.15) is 13.2 Å². The van der Waals surface area contributed by atoms with Crippen molar-refractivity contribution in [3.63, 3.8) is 0 Å². The van der Waals surface area contributed by atoms with Gasteiger partial charge in [0.25, 0.3) is 0 Å². The maximum absolute atomic E-state index is 12.7. The number of alkyl halides is 3. The Kier molecular flexibility index (Phi) is 7.98. The van der Waals surface area contributed by atoms with Gasteiger partial charge in [0.15, 0.2) is 0 Å². The number of aliphatic imine (C=N–C) groups is 1. The minimum atomic E-state index is -4.55. The minimum Gasteiger partial charge on any atom is -0.368 e. The fourth-order valence-electron chi connectivity index (χ4n) is 3.40. The Balaban J connectivity index is 1.49. The average Bonchev–Trinajstić information content (AvgIpc) is 3.35. The molecule has 184 valence electrons. The second kappa shape index (κ2) is 10.6. The van der Waals surface area contributed by atoms with Crippen molar-refractivity contribution in [2.24, 2.45) is 4.99 Å². The standard InChI is InChI=1S/C23H27F3N4O3S/c1-29(15-11-17-3-5-18(6-4-17)22-27-13-14-28-22)21(31)12-16-30(2)34(32,33)20-9-7-19(8-10-20)23(24,25)26/h3-10H,11-16H2,1-2H3,(H,27,28). The Bertz CT molecular complexity index is 1130. The summed E-state index contributed by atoms with van der Waals surface area (Å²) in [5, 5.41) is 3.22. The number of amidine groups is 1. The lowest BCUT2D eigenvalue weighted by Crippen LogP contribution is -2.34. The molecule has 1 N–H and O–H groups in total. The van der Waals surface area contributed by atoms with Crippen molar-refractivity contribution in [2.75, 3.05) is 40.3 Å². The highest BCUT2D eigenvalue weighted by molar-refractivity contribution is 7.89. The first-order valence-electron chi connectivity index (χ1n) is 10.7. The molecular formula is C23H27F3N4O3S. The van der Waals surface area contributed by atoms with Gasteiger partial charge in [-0.15, -0.1) is 0 Å². The van der Waals surface area contributed by atoms with Gasteiger partial charge in [-0.05, 0) is 36.2 Å². The maximum Gasteiger partial charge on any atom is 0.416 e. The summed E-state index contributed by atoms with van der Waals surface area (Å²) in [4.78, 5) is 18.1. The van der Waals surface area contributed by atoms with Gasteiger partial charge in [0.1, 0.15) is 5.84 Å².